The van der Waals surface area contributed by atoms with E-state index in [9.17, 15) is 14.4 Å². The minimum absolute atomic E-state index is 0.0769. The second-order valence-electron chi connectivity index (χ2n) is 10.6. The van der Waals surface area contributed by atoms with E-state index in [0.717, 1.165) is 18.4 Å². The summed E-state index contributed by atoms with van der Waals surface area (Å²) < 4.78 is 13.0. The molecule has 218 valence electrons. The molecule has 1 aromatic heterocycles. The van der Waals surface area contributed by atoms with Gasteiger partial charge >= 0.3 is 0 Å². The van der Waals surface area contributed by atoms with Crippen LogP contribution in [0.3, 0.4) is 0 Å². The van der Waals surface area contributed by atoms with Crippen LogP contribution in [-0.2, 0) is 25.7 Å². The summed E-state index contributed by atoms with van der Waals surface area (Å²) >= 11 is 0. The number of hydrogen-bond acceptors (Lipinski definition) is 7. The first-order valence-corrected chi connectivity index (χ1v) is 13.6. The number of benzene rings is 2. The van der Waals surface area contributed by atoms with Gasteiger partial charge in [-0.1, -0.05) is 48.5 Å². The van der Waals surface area contributed by atoms with Gasteiger partial charge in [0.1, 0.15) is 17.8 Å². The third-order valence-electron chi connectivity index (χ3n) is 6.84. The highest BCUT2D eigenvalue weighted by molar-refractivity contribution is 5.98. The molecular weight excluding hydrogens is 524 g/mol. The minimum Gasteiger partial charge on any atom is -0.496 e. The lowest BCUT2D eigenvalue weighted by Crippen LogP contribution is -2.56. The lowest BCUT2D eigenvalue weighted by atomic mass is 10.0. The van der Waals surface area contributed by atoms with Crippen LogP contribution in [0.2, 0.25) is 0 Å². The van der Waals surface area contributed by atoms with Crippen molar-refractivity contribution in [2.45, 2.75) is 50.9 Å². The molecule has 2 atom stereocenters. The van der Waals surface area contributed by atoms with E-state index in [4.69, 9.17) is 15.2 Å². The van der Waals surface area contributed by atoms with Crippen molar-refractivity contribution in [3.8, 4) is 5.75 Å². The van der Waals surface area contributed by atoms with E-state index < -0.39 is 29.4 Å². The lowest BCUT2D eigenvalue weighted by Gasteiger charge is -2.25. The third kappa shape index (κ3) is 7.71. The molecule has 2 heterocycles. The topological polar surface area (TPSA) is 141 Å². The van der Waals surface area contributed by atoms with Crippen LogP contribution in [0.25, 0.3) is 0 Å². The highest BCUT2D eigenvalue weighted by atomic mass is 16.5. The van der Waals surface area contributed by atoms with Crippen LogP contribution in [0.4, 0.5) is 5.82 Å². The number of aromatic nitrogens is 2. The number of carbonyl (C=O) groups is 3. The van der Waals surface area contributed by atoms with Gasteiger partial charge in [-0.25, -0.2) is 4.98 Å². The third-order valence-corrected chi connectivity index (χ3v) is 6.84. The summed E-state index contributed by atoms with van der Waals surface area (Å²) in [6.07, 6.45) is 5.01. The molecule has 4 N–H and O–H groups in total. The van der Waals surface area contributed by atoms with Gasteiger partial charge in [0.2, 0.25) is 11.8 Å². The molecule has 1 fully saturated rings. The lowest BCUT2D eigenvalue weighted by molar-refractivity contribution is -0.132. The molecule has 0 aliphatic carbocycles. The number of ether oxygens (including phenoxy) is 2. The number of likely N-dealkylation sites (tertiary alicyclic amines) is 1. The Morgan fingerprint density at radius 3 is 2.41 bits per heavy atom. The van der Waals surface area contributed by atoms with E-state index in [2.05, 4.69) is 15.6 Å². The monoisotopic (exact) mass is 562 g/mol. The number of rotatable bonds is 12. The minimum atomic E-state index is -1.20. The number of imidazole rings is 1. The number of carbonyl (C=O) groups excluding carboxylic acids is 3. The van der Waals surface area contributed by atoms with Crippen LogP contribution in [0.5, 0.6) is 5.75 Å². The predicted octanol–water partition coefficient (Wildman–Crippen LogP) is 2.48. The molecule has 41 heavy (non-hydrogen) atoms. The quantitative estimate of drug-likeness (QED) is 0.308. The predicted molar refractivity (Wildman–Crippen MR) is 154 cm³/mol. The molecule has 2 aromatic carbocycles. The average Bonchev–Trinajstić information content (AvgIpc) is 3.66. The maximum Gasteiger partial charge on any atom is 0.250 e. The number of hydrogen-bond donors (Lipinski definition) is 3. The normalized spacial score (nSPS) is 14.8. The van der Waals surface area contributed by atoms with Gasteiger partial charge in [0.15, 0.2) is 5.82 Å². The number of methoxy groups -OCH3 is 1. The molecule has 1 saturated heterocycles. The van der Waals surface area contributed by atoms with Crippen molar-refractivity contribution in [3.63, 3.8) is 0 Å². The fraction of sp³-hybridized carbons (Fsp3) is 0.400. The standard InChI is InChI=1S/C30H38N6O5/c1-30(2,31)29(39)33-23(19-41-18-21-11-5-4-6-12-21)27(37)34-25-17-36(20-32-25)26(28(38)35-15-9-10-16-35)22-13-7-8-14-24(22)40-3/h4-8,11-14,17,20,23,26H,9-10,15-16,18-19,31H2,1-3H3,(H,33,39)(H,34,37). The van der Waals surface area contributed by atoms with E-state index in [1.54, 1.807) is 37.8 Å². The molecule has 0 radical (unpaired) electrons. The number of para-hydroxylation sites is 1. The Morgan fingerprint density at radius 2 is 1.73 bits per heavy atom. The van der Waals surface area contributed by atoms with Gasteiger partial charge < -0.3 is 35.3 Å². The van der Waals surface area contributed by atoms with Gasteiger partial charge in [-0.2, -0.15) is 0 Å². The molecule has 0 spiro atoms. The summed E-state index contributed by atoms with van der Waals surface area (Å²) in [5.74, 6) is -0.308. The first-order valence-electron chi connectivity index (χ1n) is 13.6. The maximum absolute atomic E-state index is 13.7. The molecular formula is C30H38N6O5. The van der Waals surface area contributed by atoms with Gasteiger partial charge in [0, 0.05) is 24.8 Å². The molecule has 1 aliphatic heterocycles. The summed E-state index contributed by atoms with van der Waals surface area (Å²) in [5, 5.41) is 5.42. The average molecular weight is 563 g/mol. The van der Waals surface area contributed by atoms with Crippen LogP contribution in [-0.4, -0.2) is 70.6 Å². The first kappa shape index (κ1) is 29.8. The van der Waals surface area contributed by atoms with Crippen molar-refractivity contribution in [3.05, 3.63) is 78.2 Å². The Morgan fingerprint density at radius 1 is 1.05 bits per heavy atom. The van der Waals surface area contributed by atoms with Crippen LogP contribution < -0.4 is 21.1 Å². The SMILES string of the molecule is COc1ccccc1C(C(=O)N1CCCC1)n1cnc(NC(=O)C(COCc2ccccc2)NC(=O)C(C)(C)N)c1. The zero-order valence-corrected chi connectivity index (χ0v) is 23.7. The summed E-state index contributed by atoms with van der Waals surface area (Å²) in [6, 6.07) is 15.1. The van der Waals surface area contributed by atoms with Gasteiger partial charge in [-0.3, -0.25) is 14.4 Å². The molecule has 0 bridgehead atoms. The van der Waals surface area contributed by atoms with Crippen molar-refractivity contribution in [2.75, 3.05) is 32.1 Å². The van der Waals surface area contributed by atoms with Gasteiger partial charge in [0.05, 0.1) is 32.2 Å². The van der Waals surface area contributed by atoms with Crippen molar-refractivity contribution in [2.24, 2.45) is 5.73 Å². The van der Waals surface area contributed by atoms with Crippen molar-refractivity contribution < 1.29 is 23.9 Å². The summed E-state index contributed by atoms with van der Waals surface area (Å²) in [5.41, 5.74) is 6.37. The summed E-state index contributed by atoms with van der Waals surface area (Å²) in [6.45, 7) is 4.66. The van der Waals surface area contributed by atoms with Gasteiger partial charge in [-0.15, -0.1) is 0 Å². The Kier molecular flexibility index (Phi) is 9.74. The fourth-order valence-corrected chi connectivity index (χ4v) is 4.58. The number of nitrogens with zero attached hydrogens (tertiary/aromatic N) is 3. The van der Waals surface area contributed by atoms with E-state index in [-0.39, 0.29) is 24.9 Å². The van der Waals surface area contributed by atoms with Crippen molar-refractivity contribution >= 4 is 23.5 Å². The molecule has 3 aromatic rings. The van der Waals surface area contributed by atoms with E-state index >= 15 is 0 Å². The molecule has 3 amide bonds. The summed E-state index contributed by atoms with van der Waals surface area (Å²) in [4.78, 5) is 45.8. The van der Waals surface area contributed by atoms with Crippen LogP contribution in [0, 0.1) is 0 Å². The number of anilines is 1. The number of nitrogens with one attached hydrogen (secondary N) is 2. The molecule has 1 aliphatic rings. The Labute approximate surface area is 240 Å². The van der Waals surface area contributed by atoms with Crippen LogP contribution >= 0.6 is 0 Å². The Bertz CT molecular complexity index is 1330. The Balaban J connectivity index is 1.53. The largest absolute Gasteiger partial charge is 0.496 e. The van der Waals surface area contributed by atoms with Crippen LogP contribution in [0.1, 0.15) is 43.9 Å². The smallest absolute Gasteiger partial charge is 0.250 e. The second-order valence-corrected chi connectivity index (χ2v) is 10.6. The molecule has 11 nitrogen and oxygen atoms in total. The van der Waals surface area contributed by atoms with Gasteiger partial charge in [-0.05, 0) is 38.3 Å². The van der Waals surface area contributed by atoms with Crippen molar-refractivity contribution in [1.29, 1.82) is 0 Å². The highest BCUT2D eigenvalue weighted by Gasteiger charge is 2.32. The van der Waals surface area contributed by atoms with E-state index in [1.165, 1.54) is 6.33 Å². The fourth-order valence-electron chi connectivity index (χ4n) is 4.58. The number of amides is 3. The van der Waals surface area contributed by atoms with Crippen molar-refractivity contribution in [1.82, 2.24) is 19.8 Å². The molecule has 4 rings (SSSR count). The zero-order chi connectivity index (χ0) is 29.4. The number of nitrogens with two attached hydrogens (primary N) is 1. The van der Waals surface area contributed by atoms with E-state index in [0.29, 0.717) is 24.4 Å². The molecule has 2 unspecified atom stereocenters. The first-order chi connectivity index (χ1) is 19.7. The molecule has 11 heteroatoms. The maximum atomic E-state index is 13.7. The van der Waals surface area contributed by atoms with E-state index in [1.807, 2.05) is 53.4 Å². The molecule has 0 saturated carbocycles. The highest BCUT2D eigenvalue weighted by Crippen LogP contribution is 2.31. The van der Waals surface area contributed by atoms with Crippen LogP contribution in [0.15, 0.2) is 67.1 Å². The second kappa shape index (κ2) is 13.4. The summed E-state index contributed by atoms with van der Waals surface area (Å²) in [7, 11) is 1.56. The van der Waals surface area contributed by atoms with Gasteiger partial charge in [0.25, 0.3) is 5.91 Å². The zero-order valence-electron chi connectivity index (χ0n) is 23.7. The Hall–Kier alpha value is -4.22.